The molecule has 0 spiro atoms. The maximum absolute atomic E-state index is 15.2. The number of rotatable bonds is 4. The topological polar surface area (TPSA) is 77.7 Å². The molecule has 0 radical (unpaired) electrons. The number of carbonyl (C=O) groups is 1. The van der Waals surface area contributed by atoms with Gasteiger partial charge in [0.2, 0.25) is 5.91 Å². The number of amides is 1. The Morgan fingerprint density at radius 2 is 1.69 bits per heavy atom. The maximum atomic E-state index is 15.2. The van der Waals surface area contributed by atoms with E-state index in [1.54, 1.807) is 0 Å². The zero-order valence-electron chi connectivity index (χ0n) is 17.7. The number of hydrogen-bond acceptors (Lipinski definition) is 3. The average Bonchev–Trinajstić information content (AvgIpc) is 3.45. The SMILES string of the molecule is O=C1C(CC(F)(F)F)C(c2c(F)cc(-c3c[nH]nc3C(F)(F)F)cc2F)N1c1ccc2[nH]cnc2c1. The molecule has 0 aliphatic carbocycles. The number of nitrogens with one attached hydrogen (secondary N) is 2. The summed E-state index contributed by atoms with van der Waals surface area (Å²) < 4.78 is 110. The van der Waals surface area contributed by atoms with Crippen molar-refractivity contribution in [2.45, 2.75) is 24.8 Å². The predicted molar refractivity (Wildman–Crippen MR) is 109 cm³/mol. The number of hydrogen-bond donors (Lipinski definition) is 2. The van der Waals surface area contributed by atoms with Gasteiger partial charge in [-0.2, -0.15) is 31.4 Å². The molecule has 2 aromatic carbocycles. The van der Waals surface area contributed by atoms with Crippen LogP contribution in [0.5, 0.6) is 0 Å². The van der Waals surface area contributed by atoms with E-state index in [2.05, 4.69) is 15.1 Å². The largest absolute Gasteiger partial charge is 0.435 e. The number of benzene rings is 2. The van der Waals surface area contributed by atoms with Crippen molar-refractivity contribution in [2.24, 2.45) is 5.92 Å². The Labute approximate surface area is 195 Å². The van der Waals surface area contributed by atoms with E-state index in [-0.39, 0.29) is 5.69 Å². The van der Waals surface area contributed by atoms with Crippen molar-refractivity contribution in [3.63, 3.8) is 0 Å². The fourth-order valence-corrected chi connectivity index (χ4v) is 4.43. The van der Waals surface area contributed by atoms with Crippen LogP contribution in [0.2, 0.25) is 0 Å². The van der Waals surface area contributed by atoms with E-state index < -0.39 is 70.7 Å². The molecular formula is C22H13F8N5O. The summed E-state index contributed by atoms with van der Waals surface area (Å²) in [5.41, 5.74) is -2.50. The molecule has 14 heteroatoms. The molecule has 1 amide bonds. The maximum Gasteiger partial charge on any atom is 0.435 e. The van der Waals surface area contributed by atoms with Gasteiger partial charge in [-0.3, -0.25) is 9.89 Å². The van der Waals surface area contributed by atoms with Crippen molar-refractivity contribution in [1.82, 2.24) is 20.2 Å². The lowest BCUT2D eigenvalue weighted by atomic mass is 9.78. The first kappa shape index (κ1) is 23.8. The van der Waals surface area contributed by atoms with Crippen molar-refractivity contribution >= 4 is 22.6 Å². The van der Waals surface area contributed by atoms with Crippen LogP contribution in [0, 0.1) is 17.6 Å². The fraction of sp³-hybridized carbons (Fsp3) is 0.227. The first-order valence-electron chi connectivity index (χ1n) is 10.3. The third-order valence-corrected chi connectivity index (χ3v) is 5.94. The van der Waals surface area contributed by atoms with Gasteiger partial charge in [-0.25, -0.2) is 13.8 Å². The second-order valence-corrected chi connectivity index (χ2v) is 8.18. The van der Waals surface area contributed by atoms with E-state index in [1.165, 1.54) is 24.5 Å². The number of imidazole rings is 1. The third-order valence-electron chi connectivity index (χ3n) is 5.94. The highest BCUT2D eigenvalue weighted by atomic mass is 19.4. The van der Waals surface area contributed by atoms with Gasteiger partial charge in [0.15, 0.2) is 5.69 Å². The highest BCUT2D eigenvalue weighted by Gasteiger charge is 2.54. The van der Waals surface area contributed by atoms with Crippen LogP contribution in [0.4, 0.5) is 40.8 Å². The Morgan fingerprint density at radius 3 is 2.33 bits per heavy atom. The number of β-lactam (4-membered cyclic amide) rings is 1. The Balaban J connectivity index is 1.60. The van der Waals surface area contributed by atoms with Gasteiger partial charge in [0.25, 0.3) is 0 Å². The number of carbonyl (C=O) groups excluding carboxylic acids is 1. The number of fused-ring (bicyclic) bond motifs is 1. The van der Waals surface area contributed by atoms with Gasteiger partial charge in [-0.1, -0.05) is 0 Å². The molecule has 1 aliphatic heterocycles. The number of nitrogens with zero attached hydrogens (tertiary/aromatic N) is 3. The van der Waals surface area contributed by atoms with Gasteiger partial charge in [0.05, 0.1) is 35.7 Å². The first-order valence-corrected chi connectivity index (χ1v) is 10.3. The Morgan fingerprint density at radius 1 is 1.00 bits per heavy atom. The number of aromatic nitrogens is 4. The standard InChI is InChI=1S/C22H13F8N5O/c23-13-3-9(12-7-33-34-19(12)22(28,29)30)4-14(24)17(13)18-11(6-21(25,26)27)20(36)35(18)10-1-2-15-16(5-10)32-8-31-15/h1-5,7-8,11,18H,6H2,(H,31,32)(H,33,34). The molecule has 1 saturated heterocycles. The molecule has 188 valence electrons. The van der Waals surface area contributed by atoms with E-state index >= 15 is 8.78 Å². The lowest BCUT2D eigenvalue weighted by molar-refractivity contribution is -0.162. The van der Waals surface area contributed by atoms with Gasteiger partial charge in [-0.05, 0) is 35.9 Å². The zero-order chi connectivity index (χ0) is 26.0. The summed E-state index contributed by atoms with van der Waals surface area (Å²) in [5.74, 6) is -5.66. The van der Waals surface area contributed by atoms with E-state index in [0.29, 0.717) is 23.2 Å². The van der Waals surface area contributed by atoms with E-state index in [0.717, 1.165) is 11.1 Å². The van der Waals surface area contributed by atoms with Gasteiger partial charge >= 0.3 is 12.4 Å². The number of alkyl halides is 6. The minimum Gasteiger partial charge on any atom is -0.345 e. The van der Waals surface area contributed by atoms with E-state index in [4.69, 9.17) is 0 Å². The van der Waals surface area contributed by atoms with Gasteiger partial charge < -0.3 is 9.88 Å². The molecule has 6 nitrogen and oxygen atoms in total. The van der Waals surface area contributed by atoms with Gasteiger partial charge in [0, 0.05) is 23.0 Å². The molecule has 1 fully saturated rings. The molecule has 5 rings (SSSR count). The van der Waals surface area contributed by atoms with Crippen LogP contribution in [0.1, 0.15) is 23.7 Å². The van der Waals surface area contributed by atoms with Crippen LogP contribution in [0.3, 0.4) is 0 Å². The van der Waals surface area contributed by atoms with Crippen LogP contribution in [0.25, 0.3) is 22.2 Å². The number of halogens is 8. The summed E-state index contributed by atoms with van der Waals surface area (Å²) in [6, 6.07) is 3.68. The van der Waals surface area contributed by atoms with Crippen molar-refractivity contribution in [3.05, 3.63) is 65.7 Å². The summed E-state index contributed by atoms with van der Waals surface area (Å²) in [6.07, 6.45) is -9.25. The molecule has 1 aliphatic rings. The normalized spacial score (nSPS) is 18.7. The highest BCUT2D eigenvalue weighted by Crippen LogP contribution is 2.50. The number of H-pyrrole nitrogens is 2. The first-order chi connectivity index (χ1) is 16.8. The molecule has 3 heterocycles. The van der Waals surface area contributed by atoms with Crippen LogP contribution >= 0.6 is 0 Å². The number of aromatic amines is 2. The minimum atomic E-state index is -4.93. The molecule has 4 aromatic rings. The van der Waals surface area contributed by atoms with Gasteiger partial charge in [-0.15, -0.1) is 0 Å². The lowest BCUT2D eigenvalue weighted by Crippen LogP contribution is -2.57. The zero-order valence-corrected chi connectivity index (χ0v) is 17.7. The molecule has 2 N–H and O–H groups in total. The van der Waals surface area contributed by atoms with Crippen molar-refractivity contribution in [3.8, 4) is 11.1 Å². The Bertz CT molecular complexity index is 1450. The summed E-state index contributed by atoms with van der Waals surface area (Å²) in [4.78, 5) is 20.4. The fourth-order valence-electron chi connectivity index (χ4n) is 4.43. The van der Waals surface area contributed by atoms with Crippen molar-refractivity contribution in [2.75, 3.05) is 4.90 Å². The summed E-state index contributed by atoms with van der Waals surface area (Å²) in [6.45, 7) is 0. The lowest BCUT2D eigenvalue weighted by Gasteiger charge is -2.47. The molecule has 0 bridgehead atoms. The molecule has 0 saturated carbocycles. The second kappa shape index (κ2) is 8.03. The molecular weight excluding hydrogens is 502 g/mol. The summed E-state index contributed by atoms with van der Waals surface area (Å²) in [5, 5.41) is 5.04. The predicted octanol–water partition coefficient (Wildman–Crippen LogP) is 5.91. The Kier molecular flexibility index (Phi) is 5.30. The van der Waals surface area contributed by atoms with Gasteiger partial charge in [0.1, 0.15) is 11.6 Å². The Hall–Kier alpha value is -3.97. The van der Waals surface area contributed by atoms with Crippen molar-refractivity contribution in [1.29, 1.82) is 0 Å². The molecule has 36 heavy (non-hydrogen) atoms. The second-order valence-electron chi connectivity index (χ2n) is 8.18. The van der Waals surface area contributed by atoms with Crippen LogP contribution in [0.15, 0.2) is 42.9 Å². The van der Waals surface area contributed by atoms with Crippen LogP contribution < -0.4 is 4.90 Å². The highest BCUT2D eigenvalue weighted by molar-refractivity contribution is 6.04. The average molecular weight is 515 g/mol. The molecule has 2 unspecified atom stereocenters. The van der Waals surface area contributed by atoms with Crippen molar-refractivity contribution < 1.29 is 39.9 Å². The smallest absolute Gasteiger partial charge is 0.345 e. The van der Waals surface area contributed by atoms with E-state index in [1.807, 2.05) is 5.10 Å². The summed E-state index contributed by atoms with van der Waals surface area (Å²) >= 11 is 0. The monoisotopic (exact) mass is 515 g/mol. The van der Waals surface area contributed by atoms with E-state index in [9.17, 15) is 31.1 Å². The third kappa shape index (κ3) is 3.95. The number of anilines is 1. The summed E-state index contributed by atoms with van der Waals surface area (Å²) in [7, 11) is 0. The van der Waals surface area contributed by atoms with Crippen LogP contribution in [-0.2, 0) is 11.0 Å². The minimum absolute atomic E-state index is 0.0556. The van der Waals surface area contributed by atoms with Crippen LogP contribution in [-0.4, -0.2) is 32.2 Å². The molecule has 2 atom stereocenters. The molecule has 2 aromatic heterocycles. The quantitative estimate of drug-likeness (QED) is 0.262.